The second-order valence-electron chi connectivity index (χ2n) is 16.1. The summed E-state index contributed by atoms with van der Waals surface area (Å²) in [4.78, 5) is 5.49. The molecule has 2 heteroatoms. The predicted octanol–water partition coefficient (Wildman–Crippen LogP) is 20.7. The Balaban J connectivity index is -0.0000000574. The van der Waals surface area contributed by atoms with E-state index in [1.54, 1.807) is 0 Å². The summed E-state index contributed by atoms with van der Waals surface area (Å²) in [5.41, 5.74) is 4.43. The quantitative estimate of drug-likeness (QED) is 0.291. The highest BCUT2D eigenvalue weighted by Crippen LogP contribution is 2.40. The minimum absolute atomic E-state index is 0. The standard InChI is InChI=1S/C17H34N2.C12H18.C9H18.2C3H8.4C2H6.6CH4/c1-10-11(2)15(6)18(14(10)5)9-19-16(7)12(3)13(4)17(19)8;1-4-10-7-11(5-2)9-12(6-3)8-10;1-6-5-7(2)9(4)8(6)3;2*1-3-2;4*1-2;;;;;;/h10-17H,9H2,1-8H3;7-9H,4-6H2,1-3H3;6-9H,5H2,1-4H3;2*3H2,1-2H3;4*1-2H3;6*1H4/t10-,11+,12-,13+,14-,15+,16-,17+;;6-,7+,8-,9+;;;;;;;;;;;;. The van der Waals surface area contributed by atoms with Crippen molar-refractivity contribution >= 4 is 0 Å². The van der Waals surface area contributed by atoms with Crippen molar-refractivity contribution < 1.29 is 0 Å². The first-order chi connectivity index (χ1) is 25.5. The maximum absolute atomic E-state index is 2.74. The Morgan fingerprint density at radius 1 is 0.350 bits per heavy atom. The molecule has 0 aromatic heterocycles. The van der Waals surface area contributed by atoms with E-state index in [0.717, 1.165) is 97.4 Å². The molecule has 2 heterocycles. The molecule has 2 nitrogen and oxygen atoms in total. The summed E-state index contributed by atoms with van der Waals surface area (Å²) in [5.74, 6) is 7.12. The average Bonchev–Trinajstić information content (AvgIpc) is 3.62. The molecule has 1 aromatic carbocycles. The predicted molar refractivity (Wildman–Crippen MR) is 297 cm³/mol. The Hall–Kier alpha value is -0.860. The maximum Gasteiger partial charge on any atom is 0.0517 e. The van der Waals surface area contributed by atoms with E-state index in [-0.39, 0.29) is 44.6 Å². The zero-order valence-electron chi connectivity index (χ0n) is 43.0. The normalized spacial score (nSPS) is 27.6. The summed E-state index contributed by atoms with van der Waals surface area (Å²) in [7, 11) is 0. The number of rotatable bonds is 5. The van der Waals surface area contributed by atoms with Crippen LogP contribution >= 0.6 is 0 Å². The van der Waals surface area contributed by atoms with Gasteiger partial charge in [0.25, 0.3) is 0 Å². The molecule has 2 aliphatic heterocycles. The van der Waals surface area contributed by atoms with E-state index in [1.807, 2.05) is 55.4 Å². The van der Waals surface area contributed by atoms with Crippen molar-refractivity contribution in [3.63, 3.8) is 0 Å². The molecular weight excluding hydrogens is 725 g/mol. The number of nitrogens with zero attached hydrogens (tertiary/aromatic N) is 2. The zero-order chi connectivity index (χ0) is 43.9. The molecule has 0 N–H and O–H groups in total. The van der Waals surface area contributed by atoms with Gasteiger partial charge in [-0.15, -0.1) is 0 Å². The van der Waals surface area contributed by atoms with E-state index >= 15 is 0 Å². The second kappa shape index (κ2) is 52.5. The monoisotopic (exact) mass is 859 g/mol. The summed E-state index contributed by atoms with van der Waals surface area (Å²) in [5, 5.41) is 0. The molecule has 60 heavy (non-hydrogen) atoms. The van der Waals surface area contributed by atoms with Crippen LogP contribution in [-0.2, 0) is 19.3 Å². The van der Waals surface area contributed by atoms with Crippen LogP contribution in [0.5, 0.6) is 0 Å². The molecule has 3 aliphatic rings. The Morgan fingerprint density at radius 3 is 0.633 bits per heavy atom. The molecular formula is C58H134N2. The Kier molecular flexibility index (Phi) is 75.5. The van der Waals surface area contributed by atoms with E-state index in [2.05, 4.69) is 160 Å². The summed E-state index contributed by atoms with van der Waals surface area (Å²) in [6.45, 7) is 61.2. The van der Waals surface area contributed by atoms with Crippen molar-refractivity contribution in [3.05, 3.63) is 34.9 Å². The van der Waals surface area contributed by atoms with Gasteiger partial charge in [0.05, 0.1) is 6.67 Å². The average molecular weight is 860 g/mol. The first-order valence-corrected chi connectivity index (χ1v) is 24.2. The topological polar surface area (TPSA) is 6.48 Å². The highest BCUT2D eigenvalue weighted by molar-refractivity contribution is 5.30. The van der Waals surface area contributed by atoms with Gasteiger partial charge < -0.3 is 0 Å². The number of benzene rings is 1. The summed E-state index contributed by atoms with van der Waals surface area (Å²) < 4.78 is 0. The molecule has 3 fully saturated rings. The van der Waals surface area contributed by atoms with Crippen molar-refractivity contribution in [2.75, 3.05) is 6.67 Å². The fourth-order valence-corrected chi connectivity index (χ4v) is 7.91. The van der Waals surface area contributed by atoms with Crippen LogP contribution in [0.3, 0.4) is 0 Å². The molecule has 1 saturated carbocycles. The van der Waals surface area contributed by atoms with Gasteiger partial charge in [-0.05, 0) is 117 Å². The third-order valence-electron chi connectivity index (χ3n) is 12.8. The van der Waals surface area contributed by atoms with Crippen LogP contribution in [0.1, 0.15) is 267 Å². The van der Waals surface area contributed by atoms with Gasteiger partial charge in [-0.2, -0.15) is 0 Å². The molecule has 12 atom stereocenters. The zero-order valence-corrected chi connectivity index (χ0v) is 43.0. The Labute approximate surface area is 391 Å². The van der Waals surface area contributed by atoms with Crippen molar-refractivity contribution in [1.82, 2.24) is 9.80 Å². The van der Waals surface area contributed by atoms with E-state index in [1.165, 1.54) is 36.0 Å². The van der Waals surface area contributed by atoms with Gasteiger partial charge in [0.2, 0.25) is 0 Å². The van der Waals surface area contributed by atoms with Crippen LogP contribution < -0.4 is 0 Å². The van der Waals surface area contributed by atoms with Crippen LogP contribution in [0.15, 0.2) is 18.2 Å². The molecule has 0 unspecified atom stereocenters. The van der Waals surface area contributed by atoms with Crippen molar-refractivity contribution in [2.45, 2.75) is 294 Å². The second-order valence-corrected chi connectivity index (χ2v) is 16.1. The molecule has 0 radical (unpaired) electrons. The number of aryl methyl sites for hydroxylation is 3. The smallest absolute Gasteiger partial charge is 0.0517 e. The van der Waals surface area contributed by atoms with Crippen LogP contribution in [0.4, 0.5) is 0 Å². The minimum Gasteiger partial charge on any atom is -0.285 e. The third-order valence-corrected chi connectivity index (χ3v) is 12.8. The minimum atomic E-state index is 0. The SMILES string of the molecule is C.C.C.C.C.C.CC.CC.CC.CC.CCC.CCC.CCc1cc(CC)cc(CC)c1.C[C@@H]1[C@H](C)[C@H](C)C[C@@H]1C.C[C@@H]1[C@H](C)[C@H](C)N(CN2[C@H](C)[C@H](C)[C@H](C)[C@@H]2C)[C@@H]1C. The number of hydrogen-bond acceptors (Lipinski definition) is 2. The Bertz CT molecular complexity index is 783. The lowest BCUT2D eigenvalue weighted by atomic mass is 9.92. The number of hydrogen-bond donors (Lipinski definition) is 0. The Morgan fingerprint density at radius 2 is 0.517 bits per heavy atom. The van der Waals surface area contributed by atoms with E-state index in [4.69, 9.17) is 0 Å². The molecule has 0 spiro atoms. The molecule has 0 amide bonds. The molecule has 2 saturated heterocycles. The summed E-state index contributed by atoms with van der Waals surface area (Å²) in [6.07, 6.45) is 7.41. The van der Waals surface area contributed by atoms with Gasteiger partial charge in [-0.25, -0.2) is 0 Å². The first-order valence-electron chi connectivity index (χ1n) is 24.2. The van der Waals surface area contributed by atoms with Gasteiger partial charge in [-0.3, -0.25) is 9.80 Å². The van der Waals surface area contributed by atoms with E-state index in [9.17, 15) is 0 Å². The fourth-order valence-electron chi connectivity index (χ4n) is 7.91. The van der Waals surface area contributed by atoms with Crippen LogP contribution in [0.2, 0.25) is 0 Å². The van der Waals surface area contributed by atoms with Gasteiger partial charge in [0.1, 0.15) is 0 Å². The van der Waals surface area contributed by atoms with Gasteiger partial charge in [-0.1, -0.05) is 235 Å². The van der Waals surface area contributed by atoms with E-state index in [0.29, 0.717) is 0 Å². The van der Waals surface area contributed by atoms with Crippen LogP contribution in [0.25, 0.3) is 0 Å². The highest BCUT2D eigenvalue weighted by Gasteiger charge is 2.45. The molecule has 376 valence electrons. The van der Waals surface area contributed by atoms with Gasteiger partial charge in [0.15, 0.2) is 0 Å². The lowest BCUT2D eigenvalue weighted by Crippen LogP contribution is -2.47. The maximum atomic E-state index is 2.74. The van der Waals surface area contributed by atoms with Crippen molar-refractivity contribution in [3.8, 4) is 0 Å². The van der Waals surface area contributed by atoms with E-state index < -0.39 is 0 Å². The first kappa shape index (κ1) is 86.3. The van der Waals surface area contributed by atoms with Crippen molar-refractivity contribution in [1.29, 1.82) is 0 Å². The van der Waals surface area contributed by atoms with Crippen molar-refractivity contribution in [2.24, 2.45) is 47.3 Å². The largest absolute Gasteiger partial charge is 0.285 e. The molecule has 0 bridgehead atoms. The molecule has 1 aromatic rings. The molecule has 1 aliphatic carbocycles. The molecule has 4 rings (SSSR count). The van der Waals surface area contributed by atoms with Crippen LogP contribution in [-0.4, -0.2) is 40.6 Å². The lowest BCUT2D eigenvalue weighted by Gasteiger charge is -2.36. The van der Waals surface area contributed by atoms with Gasteiger partial charge >= 0.3 is 0 Å². The highest BCUT2D eigenvalue weighted by atomic mass is 15.4. The summed E-state index contributed by atoms with van der Waals surface area (Å²) >= 11 is 0. The lowest BCUT2D eigenvalue weighted by molar-refractivity contribution is 0.0597. The van der Waals surface area contributed by atoms with Gasteiger partial charge in [0, 0.05) is 24.2 Å². The summed E-state index contributed by atoms with van der Waals surface area (Å²) in [6, 6.07) is 9.83. The number of likely N-dealkylation sites (tertiary alicyclic amines) is 2. The fraction of sp³-hybridized carbons (Fsp3) is 0.897. The third kappa shape index (κ3) is 30.3. The van der Waals surface area contributed by atoms with Crippen LogP contribution in [0, 0.1) is 47.3 Å².